The highest BCUT2D eigenvalue weighted by molar-refractivity contribution is 6.10. The predicted molar refractivity (Wildman–Crippen MR) is 152 cm³/mol. The van der Waals surface area contributed by atoms with E-state index < -0.39 is 17.8 Å². The molecule has 0 aromatic heterocycles. The quantitative estimate of drug-likeness (QED) is 0.344. The molecule has 9 nitrogen and oxygen atoms in total. The number of nitrogens with zero attached hydrogens (tertiary/aromatic N) is 1. The number of fused-ring (bicyclic) bond motifs is 1. The molecule has 0 radical (unpaired) electrons. The van der Waals surface area contributed by atoms with Crippen molar-refractivity contribution in [1.29, 1.82) is 0 Å². The number of nitrogens with one attached hydrogen (secondary N) is 1. The molecule has 4 rings (SSSR count). The molecular formula is C31H38N2O7. The zero-order chi connectivity index (χ0) is 28.8. The van der Waals surface area contributed by atoms with Crippen molar-refractivity contribution in [2.45, 2.75) is 53.9 Å². The molecule has 1 amide bonds. The normalized spacial score (nSPS) is 14.9. The number of rotatable bonds is 9. The van der Waals surface area contributed by atoms with Crippen LogP contribution in [0.4, 0.5) is 5.69 Å². The summed E-state index contributed by atoms with van der Waals surface area (Å²) >= 11 is 0. The molecule has 1 N–H and O–H groups in total. The van der Waals surface area contributed by atoms with Crippen molar-refractivity contribution in [2.75, 3.05) is 44.8 Å². The molecule has 0 atom stereocenters. The van der Waals surface area contributed by atoms with Gasteiger partial charge in [-0.15, -0.1) is 0 Å². The Bertz CT molecular complexity index is 1330. The van der Waals surface area contributed by atoms with E-state index >= 15 is 0 Å². The van der Waals surface area contributed by atoms with Crippen LogP contribution in [0.15, 0.2) is 23.8 Å². The van der Waals surface area contributed by atoms with Crippen LogP contribution >= 0.6 is 0 Å². The third-order valence-electron chi connectivity index (χ3n) is 7.32. The molecule has 0 bridgehead atoms. The maximum Gasteiger partial charge on any atom is 0.340 e. The minimum Gasteiger partial charge on any atom is -0.492 e. The smallest absolute Gasteiger partial charge is 0.340 e. The minimum atomic E-state index is -0.550. The molecule has 2 aromatic carbocycles. The lowest BCUT2D eigenvalue weighted by atomic mass is 9.94. The van der Waals surface area contributed by atoms with Gasteiger partial charge in [-0.1, -0.05) is 6.42 Å². The summed E-state index contributed by atoms with van der Waals surface area (Å²) in [5.74, 6) is 0.265. The third-order valence-corrected chi connectivity index (χ3v) is 7.32. The van der Waals surface area contributed by atoms with Crippen LogP contribution in [0.3, 0.4) is 0 Å². The van der Waals surface area contributed by atoms with Crippen molar-refractivity contribution in [2.24, 2.45) is 0 Å². The predicted octanol–water partition coefficient (Wildman–Crippen LogP) is 4.99. The lowest BCUT2D eigenvalue weighted by Crippen LogP contribution is -2.33. The molecule has 0 spiro atoms. The Balaban J connectivity index is 1.54. The van der Waals surface area contributed by atoms with Gasteiger partial charge in [-0.3, -0.25) is 14.5 Å². The van der Waals surface area contributed by atoms with Crippen LogP contribution in [0.2, 0.25) is 0 Å². The second-order valence-corrected chi connectivity index (χ2v) is 10.1. The number of benzene rings is 2. The molecule has 1 saturated heterocycles. The van der Waals surface area contributed by atoms with Crippen LogP contribution in [0.5, 0.6) is 17.2 Å². The summed E-state index contributed by atoms with van der Waals surface area (Å²) in [6.07, 6.45) is 5.43. The van der Waals surface area contributed by atoms with Crippen molar-refractivity contribution in [3.63, 3.8) is 0 Å². The van der Waals surface area contributed by atoms with E-state index in [1.54, 1.807) is 31.2 Å². The minimum absolute atomic E-state index is 0.0535. The summed E-state index contributed by atoms with van der Waals surface area (Å²) in [5.41, 5.74) is 3.93. The van der Waals surface area contributed by atoms with E-state index in [9.17, 15) is 14.4 Å². The fourth-order valence-corrected chi connectivity index (χ4v) is 5.05. The van der Waals surface area contributed by atoms with E-state index in [0.29, 0.717) is 46.2 Å². The molecule has 9 heteroatoms. The average molecular weight is 551 g/mol. The summed E-state index contributed by atoms with van der Waals surface area (Å²) in [6.45, 7) is 12.4. The van der Waals surface area contributed by atoms with E-state index in [1.165, 1.54) is 26.2 Å². The first-order chi connectivity index (χ1) is 19.2. The number of anilines is 1. The first-order valence-electron chi connectivity index (χ1n) is 13.8. The van der Waals surface area contributed by atoms with Gasteiger partial charge in [0.05, 0.1) is 23.4 Å². The number of carbonyl (C=O) groups excluding carboxylic acids is 3. The van der Waals surface area contributed by atoms with Crippen molar-refractivity contribution in [3.05, 3.63) is 51.6 Å². The number of amides is 1. The third kappa shape index (κ3) is 6.65. The Morgan fingerprint density at radius 2 is 1.77 bits per heavy atom. The Kier molecular flexibility index (Phi) is 9.47. The van der Waals surface area contributed by atoms with Gasteiger partial charge in [-0.2, -0.15) is 0 Å². The molecule has 0 unspecified atom stereocenters. The average Bonchev–Trinajstić information content (AvgIpc) is 2.95. The van der Waals surface area contributed by atoms with Crippen LogP contribution in [-0.2, 0) is 14.3 Å². The summed E-state index contributed by atoms with van der Waals surface area (Å²) in [5, 5.41) is 2.84. The molecule has 2 aliphatic rings. The molecule has 0 aliphatic carbocycles. The molecule has 2 heterocycles. The van der Waals surface area contributed by atoms with Gasteiger partial charge in [0.2, 0.25) is 0 Å². The maximum atomic E-state index is 13.3. The van der Waals surface area contributed by atoms with Crippen molar-refractivity contribution in [1.82, 2.24) is 4.90 Å². The lowest BCUT2D eigenvalue weighted by molar-refractivity contribution is -0.132. The van der Waals surface area contributed by atoms with Gasteiger partial charge in [0.25, 0.3) is 5.91 Å². The SMILES string of the molecule is CCOC(=O)c1cc(OCCN2CCCCC2)ccc1NC(=O)C1=Cc2c(C)c(OC(C)=O)c(C)c(C)c2OC1. The molecule has 2 aromatic rings. The van der Waals surface area contributed by atoms with E-state index in [1.807, 2.05) is 20.8 Å². The van der Waals surface area contributed by atoms with Gasteiger partial charge >= 0.3 is 11.9 Å². The highest BCUT2D eigenvalue weighted by Gasteiger charge is 2.26. The number of carbonyl (C=O) groups is 3. The Labute approximate surface area is 235 Å². The molecule has 0 saturated carbocycles. The lowest BCUT2D eigenvalue weighted by Gasteiger charge is -2.26. The number of ether oxygens (including phenoxy) is 4. The highest BCUT2D eigenvalue weighted by Crippen LogP contribution is 2.41. The molecule has 214 valence electrons. The monoisotopic (exact) mass is 550 g/mol. The van der Waals surface area contributed by atoms with Crippen molar-refractivity contribution < 1.29 is 33.3 Å². The first kappa shape index (κ1) is 29.1. The Hall–Kier alpha value is -3.85. The second-order valence-electron chi connectivity index (χ2n) is 10.1. The van der Waals surface area contributed by atoms with Crippen LogP contribution in [0.25, 0.3) is 6.08 Å². The maximum absolute atomic E-state index is 13.3. The van der Waals surface area contributed by atoms with Gasteiger partial charge < -0.3 is 24.3 Å². The fourth-order valence-electron chi connectivity index (χ4n) is 5.05. The fraction of sp³-hybridized carbons (Fsp3) is 0.452. The zero-order valence-corrected chi connectivity index (χ0v) is 24.0. The Morgan fingerprint density at radius 3 is 2.48 bits per heavy atom. The first-order valence-corrected chi connectivity index (χ1v) is 13.8. The van der Waals surface area contributed by atoms with Crippen LogP contribution in [-0.4, -0.2) is 62.2 Å². The van der Waals surface area contributed by atoms with E-state index in [-0.39, 0.29) is 18.8 Å². The molecule has 2 aliphatic heterocycles. The summed E-state index contributed by atoms with van der Waals surface area (Å²) in [6, 6.07) is 4.99. The van der Waals surface area contributed by atoms with Crippen LogP contribution in [0, 0.1) is 20.8 Å². The van der Waals surface area contributed by atoms with E-state index in [4.69, 9.17) is 18.9 Å². The molecule has 1 fully saturated rings. The van der Waals surface area contributed by atoms with Gasteiger partial charge in [0.1, 0.15) is 30.5 Å². The van der Waals surface area contributed by atoms with Crippen LogP contribution < -0.4 is 19.5 Å². The van der Waals surface area contributed by atoms with Gasteiger partial charge in [0.15, 0.2) is 0 Å². The molecular weight excluding hydrogens is 512 g/mol. The topological polar surface area (TPSA) is 103 Å². The number of esters is 2. The molecule has 40 heavy (non-hydrogen) atoms. The number of hydrogen-bond acceptors (Lipinski definition) is 8. The Morgan fingerprint density at radius 1 is 1.02 bits per heavy atom. The van der Waals surface area contributed by atoms with E-state index in [2.05, 4.69) is 10.2 Å². The van der Waals surface area contributed by atoms with E-state index in [0.717, 1.165) is 30.8 Å². The number of piperidine rings is 1. The zero-order valence-electron chi connectivity index (χ0n) is 24.0. The van der Waals surface area contributed by atoms with Gasteiger partial charge in [-0.25, -0.2) is 4.79 Å². The van der Waals surface area contributed by atoms with Crippen molar-refractivity contribution in [3.8, 4) is 17.2 Å². The van der Waals surface area contributed by atoms with Crippen LogP contribution in [0.1, 0.15) is 65.7 Å². The highest BCUT2D eigenvalue weighted by atomic mass is 16.5. The summed E-state index contributed by atoms with van der Waals surface area (Å²) < 4.78 is 22.6. The summed E-state index contributed by atoms with van der Waals surface area (Å²) in [4.78, 5) is 40.2. The van der Waals surface area contributed by atoms with Gasteiger partial charge in [-0.05, 0) is 89.0 Å². The largest absolute Gasteiger partial charge is 0.492 e. The standard InChI is InChI=1S/C31H38N2O7/c1-6-37-31(36)26-17-24(38-15-14-33-12-8-7-9-13-33)10-11-27(26)32-30(35)23-16-25-21(4)28(40-22(5)34)19(2)20(3)29(25)39-18-23/h10-11,16-17H,6-9,12-15,18H2,1-5H3,(H,32,35). The van der Waals surface area contributed by atoms with Gasteiger partial charge in [0, 0.05) is 24.6 Å². The number of likely N-dealkylation sites (tertiary alicyclic amines) is 1. The van der Waals surface area contributed by atoms with Crippen molar-refractivity contribution >= 4 is 29.6 Å². The number of hydrogen-bond donors (Lipinski definition) is 1. The summed E-state index contributed by atoms with van der Waals surface area (Å²) in [7, 11) is 0. The second kappa shape index (κ2) is 13.0.